The molecule has 11 heteroatoms. The van der Waals surface area contributed by atoms with Crippen LogP contribution < -0.4 is 14.4 Å². The minimum atomic E-state index is -3.58. The number of amides is 2. The molecule has 1 N–H and O–H groups in total. The summed E-state index contributed by atoms with van der Waals surface area (Å²) in [5.74, 6) is 0.123. The fourth-order valence-electron chi connectivity index (χ4n) is 4.56. The molecule has 0 aliphatic heterocycles. The van der Waals surface area contributed by atoms with Crippen molar-refractivity contribution in [2.24, 2.45) is 0 Å². The van der Waals surface area contributed by atoms with Crippen molar-refractivity contribution in [3.63, 3.8) is 0 Å². The van der Waals surface area contributed by atoms with E-state index in [0.717, 1.165) is 31.9 Å². The van der Waals surface area contributed by atoms with Gasteiger partial charge in [0.2, 0.25) is 21.8 Å². The summed E-state index contributed by atoms with van der Waals surface area (Å²) in [5.41, 5.74) is 1.15. The van der Waals surface area contributed by atoms with Crippen LogP contribution in [0.25, 0.3) is 0 Å². The highest BCUT2D eigenvalue weighted by atomic mass is 35.5. The number of anilines is 1. The minimum Gasteiger partial charge on any atom is -0.497 e. The smallest absolute Gasteiger partial charge is 0.242 e. The number of carbonyl (C=O) groups is 2. The number of sulfonamides is 1. The molecule has 0 bridgehead atoms. The summed E-state index contributed by atoms with van der Waals surface area (Å²) in [6, 6.07) is 11.1. The zero-order chi connectivity index (χ0) is 27.9. The lowest BCUT2D eigenvalue weighted by Crippen LogP contribution is -2.49. The SMILES string of the molecule is COc1ccc(N(CCCC(=O)N(Cc2ccc(Cl)cc2Cl)C(C)C(=O)NC2CCCC2)S(C)(=O)=O)cc1. The molecule has 8 nitrogen and oxygen atoms in total. The topological polar surface area (TPSA) is 96.0 Å². The lowest BCUT2D eigenvalue weighted by molar-refractivity contribution is -0.140. The van der Waals surface area contributed by atoms with Crippen LogP contribution in [0.5, 0.6) is 5.75 Å². The normalized spacial score (nSPS) is 14.7. The summed E-state index contributed by atoms with van der Waals surface area (Å²) >= 11 is 12.4. The molecule has 1 atom stereocenters. The summed E-state index contributed by atoms with van der Waals surface area (Å²) in [6.07, 6.45) is 5.46. The molecular weight excluding hydrogens is 549 g/mol. The summed E-state index contributed by atoms with van der Waals surface area (Å²) in [5, 5.41) is 3.94. The molecule has 208 valence electrons. The maximum Gasteiger partial charge on any atom is 0.242 e. The van der Waals surface area contributed by atoms with E-state index in [9.17, 15) is 18.0 Å². The van der Waals surface area contributed by atoms with E-state index in [2.05, 4.69) is 5.32 Å². The molecule has 0 saturated heterocycles. The zero-order valence-electron chi connectivity index (χ0n) is 22.0. The Morgan fingerprint density at radius 2 is 1.76 bits per heavy atom. The Balaban J connectivity index is 1.73. The van der Waals surface area contributed by atoms with E-state index in [1.807, 2.05) is 0 Å². The fourth-order valence-corrected chi connectivity index (χ4v) is 5.99. The van der Waals surface area contributed by atoms with Crippen molar-refractivity contribution in [1.82, 2.24) is 10.2 Å². The minimum absolute atomic E-state index is 0.0500. The highest BCUT2D eigenvalue weighted by molar-refractivity contribution is 7.92. The van der Waals surface area contributed by atoms with Crippen LogP contribution in [-0.4, -0.2) is 57.1 Å². The Morgan fingerprint density at radius 3 is 2.34 bits per heavy atom. The lowest BCUT2D eigenvalue weighted by atomic mass is 10.1. The lowest BCUT2D eigenvalue weighted by Gasteiger charge is -2.30. The maximum absolute atomic E-state index is 13.5. The quantitative estimate of drug-likeness (QED) is 0.378. The molecule has 38 heavy (non-hydrogen) atoms. The molecule has 0 aromatic heterocycles. The van der Waals surface area contributed by atoms with E-state index in [1.54, 1.807) is 49.4 Å². The number of nitrogens with one attached hydrogen (secondary N) is 1. The number of hydrogen-bond acceptors (Lipinski definition) is 5. The van der Waals surface area contributed by atoms with E-state index in [-0.39, 0.29) is 43.8 Å². The molecule has 2 aromatic carbocycles. The molecule has 1 unspecified atom stereocenters. The fraction of sp³-hybridized carbons (Fsp3) is 0.481. The van der Waals surface area contributed by atoms with E-state index >= 15 is 0 Å². The highest BCUT2D eigenvalue weighted by Crippen LogP contribution is 2.25. The van der Waals surface area contributed by atoms with Crippen LogP contribution in [0.3, 0.4) is 0 Å². The van der Waals surface area contributed by atoms with E-state index in [1.165, 1.54) is 16.3 Å². The largest absolute Gasteiger partial charge is 0.497 e. The van der Waals surface area contributed by atoms with Gasteiger partial charge in [-0.3, -0.25) is 13.9 Å². The van der Waals surface area contributed by atoms with Gasteiger partial charge in [-0.2, -0.15) is 0 Å². The van der Waals surface area contributed by atoms with Crippen LogP contribution in [0, 0.1) is 0 Å². The summed E-state index contributed by atoms with van der Waals surface area (Å²) in [7, 11) is -2.05. The summed E-state index contributed by atoms with van der Waals surface area (Å²) in [6.45, 7) is 1.93. The average molecular weight is 585 g/mol. The summed E-state index contributed by atoms with van der Waals surface area (Å²) < 4.78 is 31.4. The molecule has 0 spiro atoms. The van der Waals surface area contributed by atoms with Crippen molar-refractivity contribution >= 4 is 50.7 Å². The van der Waals surface area contributed by atoms with Gasteiger partial charge in [0.25, 0.3) is 0 Å². The Bertz CT molecular complexity index is 1220. The number of carbonyl (C=O) groups excluding carboxylic acids is 2. The molecule has 1 fully saturated rings. The Labute approximate surface area is 235 Å². The Kier molecular flexibility index (Phi) is 10.7. The number of methoxy groups -OCH3 is 1. The molecular formula is C27H35Cl2N3O5S. The van der Waals surface area contributed by atoms with Crippen molar-refractivity contribution < 1.29 is 22.7 Å². The predicted molar refractivity (Wildman–Crippen MR) is 151 cm³/mol. The van der Waals surface area contributed by atoms with Crippen LogP contribution in [0.15, 0.2) is 42.5 Å². The van der Waals surface area contributed by atoms with Crippen LogP contribution >= 0.6 is 23.2 Å². The monoisotopic (exact) mass is 583 g/mol. The van der Waals surface area contributed by atoms with Gasteiger partial charge in [-0.25, -0.2) is 8.42 Å². The molecule has 2 amide bonds. The van der Waals surface area contributed by atoms with Gasteiger partial charge in [0, 0.05) is 35.6 Å². The molecule has 1 aliphatic rings. The van der Waals surface area contributed by atoms with Crippen molar-refractivity contribution in [3.05, 3.63) is 58.1 Å². The first-order valence-electron chi connectivity index (χ1n) is 12.6. The first kappa shape index (κ1) is 30.1. The van der Waals surface area contributed by atoms with Crippen LogP contribution in [0.4, 0.5) is 5.69 Å². The predicted octanol–water partition coefficient (Wildman–Crippen LogP) is 5.02. The van der Waals surface area contributed by atoms with Crippen molar-refractivity contribution in [3.8, 4) is 5.75 Å². The first-order chi connectivity index (χ1) is 18.0. The number of ether oxygens (including phenoxy) is 1. The second-order valence-corrected chi connectivity index (χ2v) is 12.3. The molecule has 0 heterocycles. The van der Waals surface area contributed by atoms with Crippen LogP contribution in [-0.2, 0) is 26.2 Å². The number of nitrogens with zero attached hydrogens (tertiary/aromatic N) is 2. The Hall–Kier alpha value is -2.49. The van der Waals surface area contributed by atoms with Crippen molar-refractivity contribution in [1.29, 1.82) is 0 Å². The van der Waals surface area contributed by atoms with Crippen LogP contribution in [0.2, 0.25) is 10.0 Å². The molecule has 0 radical (unpaired) electrons. The Morgan fingerprint density at radius 1 is 1.11 bits per heavy atom. The van der Waals surface area contributed by atoms with Crippen molar-refractivity contribution in [2.75, 3.05) is 24.2 Å². The molecule has 1 saturated carbocycles. The summed E-state index contributed by atoms with van der Waals surface area (Å²) in [4.78, 5) is 28.0. The molecule has 3 rings (SSSR count). The van der Waals surface area contributed by atoms with Gasteiger partial charge < -0.3 is 15.0 Å². The third kappa shape index (κ3) is 8.25. The van der Waals surface area contributed by atoms with Gasteiger partial charge in [0.05, 0.1) is 19.1 Å². The highest BCUT2D eigenvalue weighted by Gasteiger charge is 2.29. The van der Waals surface area contributed by atoms with Gasteiger partial charge >= 0.3 is 0 Å². The first-order valence-corrected chi connectivity index (χ1v) is 15.3. The number of rotatable bonds is 12. The standard InChI is InChI=1S/C27H35Cl2N3O5S/c1-19(27(34)30-22-7-4-5-8-22)31(18-20-10-11-21(28)17-25(20)29)26(33)9-6-16-32(38(3,35)36)23-12-14-24(37-2)15-13-23/h10-15,17,19,22H,4-9,16,18H2,1-3H3,(H,30,34). The maximum atomic E-state index is 13.5. The van der Waals surface area contributed by atoms with Gasteiger partial charge in [0.1, 0.15) is 11.8 Å². The number of benzene rings is 2. The van der Waals surface area contributed by atoms with Crippen LogP contribution in [0.1, 0.15) is 51.0 Å². The van der Waals surface area contributed by atoms with Gasteiger partial charge in [-0.05, 0) is 68.1 Å². The number of halogens is 2. The number of hydrogen-bond donors (Lipinski definition) is 1. The van der Waals surface area contributed by atoms with E-state index in [4.69, 9.17) is 27.9 Å². The van der Waals surface area contributed by atoms with E-state index in [0.29, 0.717) is 27.0 Å². The van der Waals surface area contributed by atoms with E-state index < -0.39 is 16.1 Å². The van der Waals surface area contributed by atoms with Crippen molar-refractivity contribution in [2.45, 2.75) is 64.1 Å². The van der Waals surface area contributed by atoms with Gasteiger partial charge in [-0.1, -0.05) is 42.1 Å². The third-order valence-corrected chi connectivity index (χ3v) is 8.52. The zero-order valence-corrected chi connectivity index (χ0v) is 24.3. The van der Waals surface area contributed by atoms with Gasteiger partial charge in [0.15, 0.2) is 0 Å². The third-order valence-electron chi connectivity index (χ3n) is 6.74. The molecule has 2 aromatic rings. The van der Waals surface area contributed by atoms with Gasteiger partial charge in [-0.15, -0.1) is 0 Å². The average Bonchev–Trinajstić information content (AvgIpc) is 3.38. The second-order valence-electron chi connectivity index (χ2n) is 9.56. The second kappa shape index (κ2) is 13.5. The molecule has 1 aliphatic carbocycles.